The molecule has 20 heavy (non-hydrogen) atoms. The highest BCUT2D eigenvalue weighted by Crippen LogP contribution is 2.26. The lowest BCUT2D eigenvalue weighted by molar-refractivity contribution is 0.235. The molecule has 0 spiro atoms. The zero-order chi connectivity index (χ0) is 14.5. The van der Waals surface area contributed by atoms with E-state index >= 15 is 0 Å². The zero-order valence-corrected chi connectivity index (χ0v) is 12.8. The Morgan fingerprint density at radius 3 is 2.50 bits per heavy atom. The van der Waals surface area contributed by atoms with Crippen LogP contribution < -0.4 is 5.32 Å². The van der Waals surface area contributed by atoms with Crippen molar-refractivity contribution < 1.29 is 9.50 Å². The molecule has 0 amide bonds. The van der Waals surface area contributed by atoms with Gasteiger partial charge in [0, 0.05) is 10.5 Å². The summed E-state index contributed by atoms with van der Waals surface area (Å²) < 4.78 is 13.8. The molecule has 0 fully saturated rings. The van der Waals surface area contributed by atoms with Crippen molar-refractivity contribution in [2.75, 3.05) is 6.61 Å². The monoisotopic (exact) mass is 337 g/mol. The fraction of sp³-hybridized carbons (Fsp3) is 0.250. The normalized spacial score (nSPS) is 14.0. The van der Waals surface area contributed by atoms with Gasteiger partial charge in [0.2, 0.25) is 0 Å². The van der Waals surface area contributed by atoms with Crippen molar-refractivity contribution in [2.45, 2.75) is 19.0 Å². The Hall–Kier alpha value is -1.23. The smallest absolute Gasteiger partial charge is 0.124 e. The highest BCUT2D eigenvalue weighted by Gasteiger charge is 2.16. The topological polar surface area (TPSA) is 32.3 Å². The molecule has 0 saturated carbocycles. The van der Waals surface area contributed by atoms with Gasteiger partial charge in [-0.2, -0.15) is 0 Å². The maximum Gasteiger partial charge on any atom is 0.124 e. The lowest BCUT2D eigenvalue weighted by Crippen LogP contribution is -2.27. The van der Waals surface area contributed by atoms with Crippen LogP contribution in [0.4, 0.5) is 4.39 Å². The molecule has 0 saturated heterocycles. The molecule has 0 aliphatic heterocycles. The van der Waals surface area contributed by atoms with Crippen LogP contribution >= 0.6 is 15.9 Å². The Kier molecular flexibility index (Phi) is 5.29. The van der Waals surface area contributed by atoms with Crippen molar-refractivity contribution in [2.24, 2.45) is 0 Å². The average molecular weight is 338 g/mol. The summed E-state index contributed by atoms with van der Waals surface area (Å²) >= 11 is 3.37. The molecule has 0 bridgehead atoms. The first kappa shape index (κ1) is 15.2. The minimum absolute atomic E-state index is 0.00711. The van der Waals surface area contributed by atoms with E-state index in [4.69, 9.17) is 0 Å². The largest absolute Gasteiger partial charge is 0.394 e. The summed E-state index contributed by atoms with van der Waals surface area (Å²) in [6, 6.07) is 14.2. The summed E-state index contributed by atoms with van der Waals surface area (Å²) in [5.41, 5.74) is 1.99. The van der Waals surface area contributed by atoms with Crippen LogP contribution in [-0.2, 0) is 0 Å². The maximum atomic E-state index is 13.1. The molecule has 0 aromatic heterocycles. The molecule has 2 aromatic carbocycles. The third-order valence-electron chi connectivity index (χ3n) is 3.26. The standard InChI is InChI=1S/C16H17BrFNO/c1-11(14-8-7-13(18)9-15(14)17)19-16(10-20)12-5-3-2-4-6-12/h2-9,11,16,19-20H,10H2,1H3/t11?,16-/m0/s1. The molecule has 2 rings (SSSR count). The predicted octanol–water partition coefficient (Wildman–Crippen LogP) is 3.97. The predicted molar refractivity (Wildman–Crippen MR) is 81.9 cm³/mol. The van der Waals surface area contributed by atoms with Crippen molar-refractivity contribution in [3.63, 3.8) is 0 Å². The Balaban J connectivity index is 2.15. The number of rotatable bonds is 5. The number of hydrogen-bond acceptors (Lipinski definition) is 2. The maximum absolute atomic E-state index is 13.1. The zero-order valence-electron chi connectivity index (χ0n) is 11.2. The van der Waals surface area contributed by atoms with Crippen molar-refractivity contribution in [1.82, 2.24) is 5.32 Å². The van der Waals surface area contributed by atoms with E-state index in [1.807, 2.05) is 37.3 Å². The van der Waals surface area contributed by atoms with E-state index in [1.165, 1.54) is 12.1 Å². The quantitative estimate of drug-likeness (QED) is 0.865. The van der Waals surface area contributed by atoms with Crippen LogP contribution in [0.1, 0.15) is 30.1 Å². The summed E-state index contributed by atoms with van der Waals surface area (Å²) in [7, 11) is 0. The molecule has 106 valence electrons. The summed E-state index contributed by atoms with van der Waals surface area (Å²) in [5.74, 6) is -0.269. The lowest BCUT2D eigenvalue weighted by Gasteiger charge is -2.23. The van der Waals surface area contributed by atoms with Gasteiger partial charge >= 0.3 is 0 Å². The molecule has 2 N–H and O–H groups in total. The van der Waals surface area contributed by atoms with Crippen LogP contribution in [0.2, 0.25) is 0 Å². The number of nitrogens with one attached hydrogen (secondary N) is 1. The second-order valence-electron chi connectivity index (χ2n) is 4.70. The van der Waals surface area contributed by atoms with Crippen LogP contribution in [0, 0.1) is 5.82 Å². The van der Waals surface area contributed by atoms with Crippen LogP contribution in [0.5, 0.6) is 0 Å². The molecule has 4 heteroatoms. The first-order chi connectivity index (χ1) is 9.61. The van der Waals surface area contributed by atoms with Crippen LogP contribution in [0.15, 0.2) is 53.0 Å². The molecule has 0 aliphatic rings. The van der Waals surface area contributed by atoms with Gasteiger partial charge in [0.15, 0.2) is 0 Å². The molecule has 2 nitrogen and oxygen atoms in total. The third-order valence-corrected chi connectivity index (χ3v) is 3.95. The van der Waals surface area contributed by atoms with Crippen LogP contribution in [0.3, 0.4) is 0 Å². The Labute approximate surface area is 126 Å². The molecule has 0 heterocycles. The van der Waals surface area contributed by atoms with Gasteiger partial charge in [-0.25, -0.2) is 4.39 Å². The number of halogens is 2. The van der Waals surface area contributed by atoms with Gasteiger partial charge in [0.05, 0.1) is 12.6 Å². The van der Waals surface area contributed by atoms with Crippen molar-refractivity contribution in [3.05, 3.63) is 69.9 Å². The summed E-state index contributed by atoms with van der Waals surface area (Å²) in [5, 5.41) is 12.9. The fourth-order valence-corrected chi connectivity index (χ4v) is 2.88. The van der Waals surface area contributed by atoms with Crippen molar-refractivity contribution in [3.8, 4) is 0 Å². The van der Waals surface area contributed by atoms with Gasteiger partial charge < -0.3 is 10.4 Å². The van der Waals surface area contributed by atoms with E-state index in [0.29, 0.717) is 0 Å². The second kappa shape index (κ2) is 6.97. The Morgan fingerprint density at radius 1 is 1.20 bits per heavy atom. The number of hydrogen-bond donors (Lipinski definition) is 2. The van der Waals surface area contributed by atoms with Gasteiger partial charge in [-0.3, -0.25) is 0 Å². The SMILES string of the molecule is CC(N[C@@H](CO)c1ccccc1)c1ccc(F)cc1Br. The number of aliphatic hydroxyl groups excluding tert-OH is 1. The van der Waals surface area contributed by atoms with Gasteiger partial charge in [-0.05, 0) is 30.2 Å². The van der Waals surface area contributed by atoms with Crippen molar-refractivity contribution >= 4 is 15.9 Å². The Bertz CT molecular complexity index is 562. The van der Waals surface area contributed by atoms with E-state index in [-0.39, 0.29) is 24.5 Å². The van der Waals surface area contributed by atoms with E-state index in [9.17, 15) is 9.50 Å². The molecule has 0 aliphatic carbocycles. The minimum Gasteiger partial charge on any atom is -0.394 e. The van der Waals surface area contributed by atoms with Gasteiger partial charge in [-0.1, -0.05) is 52.3 Å². The molecular weight excluding hydrogens is 321 g/mol. The molecule has 2 atom stereocenters. The third kappa shape index (κ3) is 3.66. The highest BCUT2D eigenvalue weighted by atomic mass is 79.9. The first-order valence-corrected chi connectivity index (χ1v) is 7.28. The van der Waals surface area contributed by atoms with E-state index < -0.39 is 0 Å². The van der Waals surface area contributed by atoms with Gasteiger partial charge in [0.25, 0.3) is 0 Å². The van der Waals surface area contributed by atoms with Gasteiger partial charge in [-0.15, -0.1) is 0 Å². The highest BCUT2D eigenvalue weighted by molar-refractivity contribution is 9.10. The number of benzene rings is 2. The minimum atomic E-state index is -0.269. The molecule has 1 unspecified atom stereocenters. The van der Waals surface area contributed by atoms with Crippen LogP contribution in [0.25, 0.3) is 0 Å². The summed E-state index contributed by atoms with van der Waals surface area (Å²) in [6.45, 7) is 2.00. The number of aliphatic hydroxyl groups is 1. The van der Waals surface area contributed by atoms with Crippen molar-refractivity contribution in [1.29, 1.82) is 0 Å². The Morgan fingerprint density at radius 2 is 1.90 bits per heavy atom. The summed E-state index contributed by atoms with van der Waals surface area (Å²) in [6.07, 6.45) is 0. The van der Waals surface area contributed by atoms with Crippen LogP contribution in [-0.4, -0.2) is 11.7 Å². The lowest BCUT2D eigenvalue weighted by atomic mass is 10.0. The summed E-state index contributed by atoms with van der Waals surface area (Å²) in [4.78, 5) is 0. The fourth-order valence-electron chi connectivity index (χ4n) is 2.18. The van der Waals surface area contributed by atoms with E-state index in [0.717, 1.165) is 15.6 Å². The molecule has 2 aromatic rings. The average Bonchev–Trinajstić information content (AvgIpc) is 2.45. The molecule has 0 radical (unpaired) electrons. The van der Waals surface area contributed by atoms with E-state index in [2.05, 4.69) is 21.2 Å². The molecular formula is C16H17BrFNO. The second-order valence-corrected chi connectivity index (χ2v) is 5.55. The van der Waals surface area contributed by atoms with Gasteiger partial charge in [0.1, 0.15) is 5.82 Å². The first-order valence-electron chi connectivity index (χ1n) is 6.48. The van der Waals surface area contributed by atoms with E-state index in [1.54, 1.807) is 6.07 Å².